The smallest absolute Gasteiger partial charge is 0.306 e. The molecule has 1 rings (SSSR count). The molecule has 1 heterocycles. The van der Waals surface area contributed by atoms with Crippen LogP contribution in [0.4, 0.5) is 0 Å². The lowest BCUT2D eigenvalue weighted by atomic mass is 10.0. The Balaban J connectivity index is 2.48. The number of hydrogen-bond donors (Lipinski definition) is 2. The first-order valence-corrected chi connectivity index (χ1v) is 24.7. The minimum absolute atomic E-state index is 0.0766. The zero-order chi connectivity index (χ0) is 46.8. The second kappa shape index (κ2) is 35.0. The molecule has 12 nitrogen and oxygen atoms in total. The Morgan fingerprint density at radius 2 is 1.35 bits per heavy atom. The van der Waals surface area contributed by atoms with Gasteiger partial charge in [0.15, 0.2) is 6.10 Å². The quantitative estimate of drug-likeness (QED) is 0.0163. The standard InChI is InChI=1S/C50H82NO11P/c1-8-10-22-30-44(52)31-24-17-13-12-14-18-25-32-45(53)33-26-21-29-36-49(54)58-40-46(41-60-63(56,57)59-39-38-51(5,6)7)61-50(55)37-28-20-16-15-19-27-35-48-43(4)42(3)47(62-48)34-23-11-9-2/h10,13-14,17-18,22,24-26,31-33,44-46,52-53H,8-9,11-12,15-16,19-21,23,27-30,34-41H2,1-7H3/b17-13-,18-14-,22-10-,31-24+,32-25+,33-26-/t44-,45-,46-/m1/s1. The largest absolute Gasteiger partial charge is 0.756 e. The van der Waals surface area contributed by atoms with Crippen LogP contribution < -0.4 is 4.89 Å². The molecule has 0 radical (unpaired) electrons. The van der Waals surface area contributed by atoms with Crippen molar-refractivity contribution in [3.63, 3.8) is 0 Å². The minimum atomic E-state index is -4.70. The molecule has 4 atom stereocenters. The number of carbonyl (C=O) groups excluding carboxylic acids is 2. The molecule has 0 spiro atoms. The molecule has 1 unspecified atom stereocenters. The fourth-order valence-electron chi connectivity index (χ4n) is 6.16. The van der Waals surface area contributed by atoms with Crippen LogP contribution in [0.3, 0.4) is 0 Å². The van der Waals surface area contributed by atoms with Gasteiger partial charge in [-0.1, -0.05) is 125 Å². The van der Waals surface area contributed by atoms with E-state index in [-0.39, 0.29) is 26.1 Å². The fraction of sp³-hybridized carbons (Fsp3) is 0.640. The van der Waals surface area contributed by atoms with Crippen LogP contribution in [0.15, 0.2) is 77.3 Å². The number of ether oxygens (including phenoxy) is 2. The minimum Gasteiger partial charge on any atom is -0.756 e. The second-order valence-electron chi connectivity index (χ2n) is 17.0. The summed E-state index contributed by atoms with van der Waals surface area (Å²) >= 11 is 0. The van der Waals surface area contributed by atoms with Crippen molar-refractivity contribution in [2.75, 3.05) is 47.5 Å². The average molecular weight is 904 g/mol. The number of nitrogens with zero attached hydrogens (tertiary/aromatic N) is 1. The molecule has 1 aromatic heterocycles. The summed E-state index contributed by atoms with van der Waals surface area (Å²) < 4.78 is 40.0. The zero-order valence-electron chi connectivity index (χ0n) is 39.7. The number of hydrogen-bond acceptors (Lipinski definition) is 11. The maximum absolute atomic E-state index is 12.8. The monoisotopic (exact) mass is 904 g/mol. The predicted molar refractivity (Wildman–Crippen MR) is 251 cm³/mol. The van der Waals surface area contributed by atoms with E-state index in [9.17, 15) is 29.3 Å². The van der Waals surface area contributed by atoms with Gasteiger partial charge in [0.05, 0.1) is 40.0 Å². The number of carbonyl (C=O) groups is 2. The van der Waals surface area contributed by atoms with Gasteiger partial charge in [0, 0.05) is 25.7 Å². The fourth-order valence-corrected chi connectivity index (χ4v) is 6.89. The lowest BCUT2D eigenvalue weighted by Crippen LogP contribution is -2.37. The van der Waals surface area contributed by atoms with Gasteiger partial charge in [-0.05, 0) is 76.3 Å². The maximum Gasteiger partial charge on any atom is 0.306 e. The molecule has 0 saturated carbocycles. The number of allylic oxidation sites excluding steroid dienone is 8. The molecule has 13 heteroatoms. The number of furan rings is 1. The second-order valence-corrected chi connectivity index (χ2v) is 18.4. The summed E-state index contributed by atoms with van der Waals surface area (Å²) in [6, 6.07) is 0. The number of likely N-dealkylation sites (N-methyl/N-ethyl adjacent to an activating group) is 1. The number of phosphoric ester groups is 1. The lowest BCUT2D eigenvalue weighted by Gasteiger charge is -2.28. The van der Waals surface area contributed by atoms with Crippen LogP contribution >= 0.6 is 7.82 Å². The Bertz CT molecular complexity index is 1620. The lowest BCUT2D eigenvalue weighted by molar-refractivity contribution is -0.870. The third-order valence-corrected chi connectivity index (χ3v) is 11.1. The highest BCUT2D eigenvalue weighted by molar-refractivity contribution is 7.45. The molecular weight excluding hydrogens is 822 g/mol. The number of esters is 2. The summed E-state index contributed by atoms with van der Waals surface area (Å²) in [5.41, 5.74) is 2.56. The van der Waals surface area contributed by atoms with Gasteiger partial charge in [0.2, 0.25) is 0 Å². The van der Waals surface area contributed by atoms with Gasteiger partial charge in [0.25, 0.3) is 7.82 Å². The number of quaternary nitrogens is 1. The van der Waals surface area contributed by atoms with E-state index >= 15 is 0 Å². The van der Waals surface area contributed by atoms with Crippen molar-refractivity contribution < 1.29 is 56.7 Å². The molecule has 358 valence electrons. The zero-order valence-corrected chi connectivity index (χ0v) is 40.6. The highest BCUT2D eigenvalue weighted by Gasteiger charge is 2.22. The van der Waals surface area contributed by atoms with Crippen molar-refractivity contribution in [2.24, 2.45) is 0 Å². The van der Waals surface area contributed by atoms with E-state index in [1.165, 1.54) is 24.0 Å². The SMILES string of the molecule is CC/C=C\C[C@@H](O)/C=C/C=C\C/C=C\C=C\[C@@H](O)/C=C\CCCC(=O)OC[C@H](COP(=O)([O-])OCC[N+](C)(C)C)OC(=O)CCCCCCCCc1oc(CCCCC)c(C)c1C. The van der Waals surface area contributed by atoms with E-state index < -0.39 is 44.7 Å². The highest BCUT2D eigenvalue weighted by Crippen LogP contribution is 2.38. The molecular formula is C50H82NO11P. The van der Waals surface area contributed by atoms with Crippen LogP contribution in [-0.4, -0.2) is 92.5 Å². The Morgan fingerprint density at radius 1 is 0.730 bits per heavy atom. The Morgan fingerprint density at radius 3 is 2.00 bits per heavy atom. The molecule has 63 heavy (non-hydrogen) atoms. The number of rotatable bonds is 37. The van der Waals surface area contributed by atoms with Gasteiger partial charge in [-0.3, -0.25) is 14.2 Å². The maximum atomic E-state index is 12.8. The van der Waals surface area contributed by atoms with Crippen LogP contribution in [0.5, 0.6) is 0 Å². The van der Waals surface area contributed by atoms with E-state index in [2.05, 4.69) is 27.7 Å². The van der Waals surface area contributed by atoms with Crippen LogP contribution in [-0.2, 0) is 45.5 Å². The molecule has 0 aliphatic rings. The number of phosphoric acid groups is 1. The molecule has 0 aromatic carbocycles. The summed E-state index contributed by atoms with van der Waals surface area (Å²) in [7, 11) is 1.01. The molecule has 0 aliphatic heterocycles. The summed E-state index contributed by atoms with van der Waals surface area (Å²) in [4.78, 5) is 37.8. The van der Waals surface area contributed by atoms with E-state index in [1.807, 2.05) is 63.7 Å². The normalized spacial score (nSPS) is 15.1. The van der Waals surface area contributed by atoms with Crippen molar-refractivity contribution in [3.8, 4) is 0 Å². The summed E-state index contributed by atoms with van der Waals surface area (Å²) in [5.74, 6) is 1.18. The molecule has 0 amide bonds. The van der Waals surface area contributed by atoms with Crippen molar-refractivity contribution >= 4 is 19.8 Å². The number of aliphatic hydroxyl groups excluding tert-OH is 2. The Kier molecular flexibility index (Phi) is 32.0. The van der Waals surface area contributed by atoms with Gasteiger partial charge in [-0.2, -0.15) is 0 Å². The predicted octanol–water partition coefficient (Wildman–Crippen LogP) is 9.98. The molecule has 0 saturated heterocycles. The van der Waals surface area contributed by atoms with Gasteiger partial charge in [-0.15, -0.1) is 0 Å². The average Bonchev–Trinajstić information content (AvgIpc) is 3.49. The third-order valence-electron chi connectivity index (χ3n) is 10.1. The first kappa shape index (κ1) is 57.7. The molecule has 0 bridgehead atoms. The van der Waals surface area contributed by atoms with Crippen LogP contribution in [0.2, 0.25) is 0 Å². The van der Waals surface area contributed by atoms with Crippen LogP contribution in [0.25, 0.3) is 0 Å². The summed E-state index contributed by atoms with van der Waals surface area (Å²) in [6.45, 7) is 8.01. The molecule has 2 N–H and O–H groups in total. The highest BCUT2D eigenvalue weighted by atomic mass is 31.2. The number of aryl methyl sites for hydroxylation is 2. The molecule has 1 aromatic rings. The van der Waals surface area contributed by atoms with E-state index in [0.29, 0.717) is 43.1 Å². The Hall–Kier alpha value is -3.35. The van der Waals surface area contributed by atoms with Crippen molar-refractivity contribution in [1.29, 1.82) is 0 Å². The van der Waals surface area contributed by atoms with E-state index in [1.54, 1.807) is 30.4 Å². The van der Waals surface area contributed by atoms with Crippen molar-refractivity contribution in [3.05, 3.63) is 95.6 Å². The Labute approximate surface area is 380 Å². The van der Waals surface area contributed by atoms with Crippen molar-refractivity contribution in [2.45, 2.75) is 162 Å². The van der Waals surface area contributed by atoms with E-state index in [4.69, 9.17) is 22.9 Å². The van der Waals surface area contributed by atoms with Crippen molar-refractivity contribution in [1.82, 2.24) is 0 Å². The number of unbranched alkanes of at least 4 members (excludes halogenated alkanes) is 8. The topological polar surface area (TPSA) is 165 Å². The summed E-state index contributed by atoms with van der Waals surface area (Å²) in [6.07, 6.45) is 34.2. The molecule has 0 aliphatic carbocycles. The van der Waals surface area contributed by atoms with Gasteiger partial charge < -0.3 is 42.5 Å². The number of aliphatic hydroxyl groups is 2. The first-order chi connectivity index (χ1) is 30.1. The third kappa shape index (κ3) is 32.0. The van der Waals surface area contributed by atoms with Gasteiger partial charge in [0.1, 0.15) is 31.3 Å². The van der Waals surface area contributed by atoms with Crippen LogP contribution in [0.1, 0.15) is 139 Å². The first-order valence-electron chi connectivity index (χ1n) is 23.2. The van der Waals surface area contributed by atoms with Gasteiger partial charge in [-0.25, -0.2) is 0 Å². The van der Waals surface area contributed by atoms with Crippen LogP contribution in [0, 0.1) is 13.8 Å². The van der Waals surface area contributed by atoms with Gasteiger partial charge >= 0.3 is 11.9 Å². The van der Waals surface area contributed by atoms with E-state index in [0.717, 1.165) is 69.3 Å². The molecule has 0 fully saturated rings. The summed E-state index contributed by atoms with van der Waals surface area (Å²) in [5, 5.41) is 20.0.